The summed E-state index contributed by atoms with van der Waals surface area (Å²) in [6.07, 6.45) is -9.11. The molecule has 1 amide bonds. The largest absolute Gasteiger partial charge is 0.484 e. The van der Waals surface area contributed by atoms with Crippen LogP contribution >= 0.6 is 0 Å². The first-order valence-electron chi connectivity index (χ1n) is 9.69. The van der Waals surface area contributed by atoms with Gasteiger partial charge in [0.05, 0.1) is 11.3 Å². The van der Waals surface area contributed by atoms with Crippen LogP contribution in [0.5, 0.6) is 5.75 Å². The number of rotatable bonds is 6. The second-order valence-electron chi connectivity index (χ2n) is 7.19. The van der Waals surface area contributed by atoms with Gasteiger partial charge in [-0.05, 0) is 42.8 Å². The summed E-state index contributed by atoms with van der Waals surface area (Å²) in [5.41, 5.74) is -1.65. The van der Waals surface area contributed by atoms with E-state index < -0.39 is 41.6 Å². The van der Waals surface area contributed by atoms with Gasteiger partial charge >= 0.3 is 12.4 Å². The van der Waals surface area contributed by atoms with Crippen molar-refractivity contribution in [1.29, 1.82) is 0 Å². The van der Waals surface area contributed by atoms with E-state index in [1.54, 1.807) is 0 Å². The smallest absolute Gasteiger partial charge is 0.422 e. The third-order valence-corrected chi connectivity index (χ3v) is 4.49. The zero-order chi connectivity index (χ0) is 25.1. The molecule has 0 aliphatic rings. The van der Waals surface area contributed by atoms with Crippen molar-refractivity contribution in [2.75, 3.05) is 6.61 Å². The standard InChI is InChI=1S/C22H17F6N3O3/c1-13-8-18(32)19(30-31(13)16-6-3-5-15(10-16)22(26,27)28)20(33)29-11-14-4-2-7-17(9-14)34-12-21(23,24)25/h2-10H,11-12H2,1H3,(H,29,33). The Hall–Kier alpha value is -3.83. The van der Waals surface area contributed by atoms with E-state index in [-0.39, 0.29) is 23.7 Å². The van der Waals surface area contributed by atoms with Crippen LogP contribution in [0.4, 0.5) is 26.3 Å². The number of carbonyl (C=O) groups is 1. The van der Waals surface area contributed by atoms with Gasteiger partial charge in [0.15, 0.2) is 12.3 Å². The molecule has 0 saturated carbocycles. The first kappa shape index (κ1) is 24.8. The summed E-state index contributed by atoms with van der Waals surface area (Å²) in [5, 5.41) is 6.34. The Morgan fingerprint density at radius 1 is 1.03 bits per heavy atom. The summed E-state index contributed by atoms with van der Waals surface area (Å²) >= 11 is 0. The molecule has 12 heteroatoms. The lowest BCUT2D eigenvalue weighted by Crippen LogP contribution is -2.31. The second kappa shape index (κ2) is 9.57. The van der Waals surface area contributed by atoms with Crippen molar-refractivity contribution < 1.29 is 35.9 Å². The van der Waals surface area contributed by atoms with E-state index in [2.05, 4.69) is 15.2 Å². The number of aromatic nitrogens is 2. The van der Waals surface area contributed by atoms with E-state index in [1.165, 1.54) is 43.3 Å². The molecule has 0 aliphatic heterocycles. The highest BCUT2D eigenvalue weighted by atomic mass is 19.4. The first-order chi connectivity index (χ1) is 15.8. The topological polar surface area (TPSA) is 73.2 Å². The maximum Gasteiger partial charge on any atom is 0.422 e. The average molecular weight is 485 g/mol. The summed E-state index contributed by atoms with van der Waals surface area (Å²) in [6, 6.07) is 10.8. The van der Waals surface area contributed by atoms with Gasteiger partial charge < -0.3 is 10.1 Å². The fraction of sp³-hybridized carbons (Fsp3) is 0.227. The number of amides is 1. The lowest BCUT2D eigenvalue weighted by Gasteiger charge is -2.14. The molecule has 0 atom stereocenters. The van der Waals surface area contributed by atoms with E-state index in [1.807, 2.05) is 0 Å². The lowest BCUT2D eigenvalue weighted by molar-refractivity contribution is -0.153. The van der Waals surface area contributed by atoms with Gasteiger partial charge in [-0.3, -0.25) is 9.59 Å². The van der Waals surface area contributed by atoms with Crippen molar-refractivity contribution in [2.24, 2.45) is 0 Å². The summed E-state index contributed by atoms with van der Waals surface area (Å²) in [6.45, 7) is -0.200. The van der Waals surface area contributed by atoms with Crippen molar-refractivity contribution in [1.82, 2.24) is 15.1 Å². The van der Waals surface area contributed by atoms with E-state index in [4.69, 9.17) is 0 Å². The molecule has 34 heavy (non-hydrogen) atoms. The van der Waals surface area contributed by atoms with Gasteiger partial charge in [0.25, 0.3) is 5.91 Å². The van der Waals surface area contributed by atoms with Gasteiger partial charge in [0, 0.05) is 18.3 Å². The molecule has 0 unspecified atom stereocenters. The predicted octanol–water partition coefficient (Wildman–Crippen LogP) is 4.43. The molecular weight excluding hydrogens is 468 g/mol. The third kappa shape index (κ3) is 6.36. The van der Waals surface area contributed by atoms with E-state index >= 15 is 0 Å². The Balaban J connectivity index is 1.80. The lowest BCUT2D eigenvalue weighted by atomic mass is 10.2. The number of hydrogen-bond acceptors (Lipinski definition) is 4. The summed E-state index contributed by atoms with van der Waals surface area (Å²) in [4.78, 5) is 24.8. The van der Waals surface area contributed by atoms with Gasteiger partial charge in [-0.25, -0.2) is 4.68 Å². The number of ether oxygens (including phenoxy) is 1. The zero-order valence-corrected chi connectivity index (χ0v) is 17.5. The van der Waals surface area contributed by atoms with Crippen LogP contribution in [0.2, 0.25) is 0 Å². The average Bonchev–Trinajstić information content (AvgIpc) is 2.75. The number of nitrogens with one attached hydrogen (secondary N) is 1. The molecule has 1 N–H and O–H groups in total. The number of aryl methyl sites for hydroxylation is 1. The second-order valence-corrected chi connectivity index (χ2v) is 7.19. The predicted molar refractivity (Wildman–Crippen MR) is 109 cm³/mol. The molecule has 2 aromatic carbocycles. The fourth-order valence-corrected chi connectivity index (χ4v) is 2.96. The molecule has 0 spiro atoms. The molecule has 0 radical (unpaired) electrons. The van der Waals surface area contributed by atoms with Crippen LogP contribution in [0.1, 0.15) is 27.3 Å². The minimum Gasteiger partial charge on any atom is -0.484 e. The van der Waals surface area contributed by atoms with Gasteiger partial charge in [0.1, 0.15) is 5.75 Å². The molecule has 3 rings (SSSR count). The Labute approximate surface area is 188 Å². The van der Waals surface area contributed by atoms with Crippen LogP contribution in [0.15, 0.2) is 59.4 Å². The van der Waals surface area contributed by atoms with Crippen LogP contribution in [-0.2, 0) is 12.7 Å². The molecule has 1 heterocycles. The molecule has 3 aromatic rings. The van der Waals surface area contributed by atoms with Gasteiger partial charge in [-0.1, -0.05) is 18.2 Å². The van der Waals surface area contributed by atoms with Crippen LogP contribution in [0, 0.1) is 6.92 Å². The van der Waals surface area contributed by atoms with Crippen molar-refractivity contribution in [3.05, 3.63) is 87.3 Å². The molecule has 0 saturated heterocycles. The normalized spacial score (nSPS) is 11.9. The van der Waals surface area contributed by atoms with Crippen LogP contribution in [0.25, 0.3) is 5.69 Å². The Kier molecular flexibility index (Phi) is 6.99. The highest BCUT2D eigenvalue weighted by molar-refractivity contribution is 5.92. The monoisotopic (exact) mass is 485 g/mol. The van der Waals surface area contributed by atoms with E-state index in [9.17, 15) is 35.9 Å². The molecule has 180 valence electrons. The van der Waals surface area contributed by atoms with Gasteiger partial charge in [-0.2, -0.15) is 31.4 Å². The summed E-state index contributed by atoms with van der Waals surface area (Å²) in [5.74, 6) is -0.975. The summed E-state index contributed by atoms with van der Waals surface area (Å²) < 4.78 is 81.7. The van der Waals surface area contributed by atoms with Crippen molar-refractivity contribution in [3.8, 4) is 11.4 Å². The van der Waals surface area contributed by atoms with E-state index in [0.717, 1.165) is 22.9 Å². The SMILES string of the molecule is Cc1cc(=O)c(C(=O)NCc2cccc(OCC(F)(F)F)c2)nn1-c1cccc(C(F)(F)F)c1. The van der Waals surface area contributed by atoms with Gasteiger partial charge in [-0.15, -0.1) is 0 Å². The molecule has 0 fully saturated rings. The first-order valence-corrected chi connectivity index (χ1v) is 9.69. The van der Waals surface area contributed by atoms with Crippen LogP contribution in [-0.4, -0.2) is 28.5 Å². The third-order valence-electron chi connectivity index (χ3n) is 4.49. The fourth-order valence-electron chi connectivity index (χ4n) is 2.96. The van der Waals surface area contributed by atoms with Gasteiger partial charge in [0.2, 0.25) is 5.43 Å². The van der Waals surface area contributed by atoms with Crippen molar-refractivity contribution in [3.63, 3.8) is 0 Å². The molecule has 1 aromatic heterocycles. The van der Waals surface area contributed by atoms with E-state index in [0.29, 0.717) is 5.56 Å². The van der Waals surface area contributed by atoms with Crippen LogP contribution < -0.4 is 15.5 Å². The Morgan fingerprint density at radius 2 is 1.74 bits per heavy atom. The maximum absolute atomic E-state index is 13.0. The Morgan fingerprint density at radius 3 is 2.41 bits per heavy atom. The molecule has 0 bridgehead atoms. The Bertz CT molecular complexity index is 1250. The maximum atomic E-state index is 13.0. The number of halogens is 6. The van der Waals surface area contributed by atoms with Crippen molar-refractivity contribution >= 4 is 5.91 Å². The minimum absolute atomic E-state index is 0.00381. The number of carbonyl (C=O) groups excluding carboxylic acids is 1. The number of alkyl halides is 6. The van der Waals surface area contributed by atoms with Crippen molar-refractivity contribution in [2.45, 2.75) is 25.8 Å². The molecule has 0 aliphatic carbocycles. The molecule has 6 nitrogen and oxygen atoms in total. The quantitative estimate of drug-likeness (QED) is 0.525. The molecular formula is C22H17F6N3O3. The number of benzene rings is 2. The summed E-state index contributed by atoms with van der Waals surface area (Å²) in [7, 11) is 0. The number of hydrogen-bond donors (Lipinski definition) is 1. The number of nitrogens with zero attached hydrogens (tertiary/aromatic N) is 2. The minimum atomic E-state index is -4.60. The zero-order valence-electron chi connectivity index (χ0n) is 17.5. The highest BCUT2D eigenvalue weighted by Crippen LogP contribution is 2.30. The van der Waals surface area contributed by atoms with Crippen LogP contribution in [0.3, 0.4) is 0 Å². The highest BCUT2D eigenvalue weighted by Gasteiger charge is 2.31.